The lowest BCUT2D eigenvalue weighted by molar-refractivity contribution is 0.198. The van der Waals surface area contributed by atoms with Crippen LogP contribution in [0.2, 0.25) is 0 Å². The molecule has 1 aromatic carbocycles. The van der Waals surface area contributed by atoms with Gasteiger partial charge in [-0.15, -0.1) is 24.0 Å². The normalized spacial score (nSPS) is 14.0. The monoisotopic (exact) mass is 540 g/mol. The van der Waals surface area contributed by atoms with E-state index in [1.165, 1.54) is 12.8 Å². The average Bonchev–Trinajstić information content (AvgIpc) is 3.29. The minimum Gasteiger partial charge on any atom is -0.493 e. The molecule has 2 aromatic rings. The van der Waals surface area contributed by atoms with Crippen molar-refractivity contribution in [3.05, 3.63) is 47.7 Å². The summed E-state index contributed by atoms with van der Waals surface area (Å²) in [5.41, 5.74) is 2.09. The number of rotatable bonds is 9. The second-order valence-corrected chi connectivity index (χ2v) is 7.23. The minimum absolute atomic E-state index is 0. The highest BCUT2D eigenvalue weighted by Crippen LogP contribution is 2.34. The number of benzene rings is 1. The molecule has 1 aromatic heterocycles. The Morgan fingerprint density at radius 3 is 2.65 bits per heavy atom. The van der Waals surface area contributed by atoms with Gasteiger partial charge in [0.05, 0.1) is 26.9 Å². The van der Waals surface area contributed by atoms with Crippen molar-refractivity contribution >= 4 is 29.9 Å². The highest BCUT2D eigenvalue weighted by molar-refractivity contribution is 14.0. The second kappa shape index (κ2) is 13.2. The summed E-state index contributed by atoms with van der Waals surface area (Å²) in [6.45, 7) is 3.93. The zero-order valence-electron chi connectivity index (χ0n) is 18.5. The molecule has 1 aliphatic rings. The van der Waals surface area contributed by atoms with Crippen molar-refractivity contribution < 1.29 is 14.2 Å². The number of ether oxygens (including phenoxy) is 3. The van der Waals surface area contributed by atoms with Crippen LogP contribution in [0, 0.1) is 0 Å². The molecule has 0 saturated heterocycles. The van der Waals surface area contributed by atoms with E-state index in [1.54, 1.807) is 20.4 Å². The van der Waals surface area contributed by atoms with Crippen LogP contribution in [0.3, 0.4) is 0 Å². The fourth-order valence-corrected chi connectivity index (χ4v) is 3.52. The van der Waals surface area contributed by atoms with Crippen LogP contribution in [0.15, 0.2) is 41.5 Å². The molecule has 1 heterocycles. The summed E-state index contributed by atoms with van der Waals surface area (Å²) >= 11 is 0. The number of aliphatic imine (C=N–C) groups is 1. The minimum atomic E-state index is 0. The summed E-state index contributed by atoms with van der Waals surface area (Å²) < 4.78 is 17.1. The standard InChI is InChI=1S/C23H32N4O3.HI/c1-4-24-23(26-15-17-12-13-25-21(14-17)29-3)27-16-18-8-7-11-20(28-2)22(18)30-19-9-5-6-10-19;/h7-8,11-14,19H,4-6,9-10,15-16H2,1-3H3,(H2,24,26,27);1H. The van der Waals surface area contributed by atoms with Crippen molar-refractivity contribution in [3.8, 4) is 17.4 Å². The number of methoxy groups -OCH3 is 2. The number of guanidine groups is 1. The Balaban J connectivity index is 0.00000341. The maximum atomic E-state index is 6.33. The van der Waals surface area contributed by atoms with E-state index in [0.717, 1.165) is 48.0 Å². The molecule has 0 bridgehead atoms. The summed E-state index contributed by atoms with van der Waals surface area (Å²) in [5.74, 6) is 2.93. The first kappa shape index (κ1) is 25.0. The van der Waals surface area contributed by atoms with Crippen molar-refractivity contribution in [1.82, 2.24) is 15.6 Å². The van der Waals surface area contributed by atoms with Crippen LogP contribution >= 0.6 is 24.0 Å². The van der Waals surface area contributed by atoms with Gasteiger partial charge in [0.2, 0.25) is 5.88 Å². The van der Waals surface area contributed by atoms with E-state index in [-0.39, 0.29) is 30.1 Å². The third kappa shape index (κ3) is 7.45. The number of hydrogen-bond acceptors (Lipinski definition) is 5. The lowest BCUT2D eigenvalue weighted by atomic mass is 10.1. The van der Waals surface area contributed by atoms with Gasteiger partial charge in [-0.3, -0.25) is 0 Å². The van der Waals surface area contributed by atoms with Gasteiger partial charge >= 0.3 is 0 Å². The van der Waals surface area contributed by atoms with Gasteiger partial charge in [-0.25, -0.2) is 9.98 Å². The molecular weight excluding hydrogens is 507 g/mol. The molecule has 0 aliphatic heterocycles. The van der Waals surface area contributed by atoms with Gasteiger partial charge < -0.3 is 24.8 Å². The predicted octanol–water partition coefficient (Wildman–Crippen LogP) is 4.29. The topological polar surface area (TPSA) is 77.0 Å². The third-order valence-electron chi connectivity index (χ3n) is 5.09. The molecule has 8 heteroatoms. The highest BCUT2D eigenvalue weighted by atomic mass is 127. The smallest absolute Gasteiger partial charge is 0.213 e. The second-order valence-electron chi connectivity index (χ2n) is 7.23. The fourth-order valence-electron chi connectivity index (χ4n) is 3.52. The third-order valence-corrected chi connectivity index (χ3v) is 5.09. The summed E-state index contributed by atoms with van der Waals surface area (Å²) in [6, 6.07) is 9.83. The van der Waals surface area contributed by atoms with Crippen LogP contribution in [0.1, 0.15) is 43.7 Å². The van der Waals surface area contributed by atoms with Crippen molar-refractivity contribution in [2.45, 2.75) is 51.8 Å². The molecule has 0 spiro atoms. The molecular formula is C23H33IN4O3. The molecule has 1 aliphatic carbocycles. The Labute approximate surface area is 202 Å². The largest absolute Gasteiger partial charge is 0.493 e. The van der Waals surface area contributed by atoms with Crippen molar-refractivity contribution in [3.63, 3.8) is 0 Å². The summed E-state index contributed by atoms with van der Waals surface area (Å²) in [7, 11) is 3.29. The van der Waals surface area contributed by atoms with Crippen LogP contribution < -0.4 is 24.8 Å². The summed E-state index contributed by atoms with van der Waals surface area (Å²) in [6.07, 6.45) is 6.65. The van der Waals surface area contributed by atoms with Crippen LogP contribution in [0.5, 0.6) is 17.4 Å². The zero-order valence-corrected chi connectivity index (χ0v) is 20.8. The number of pyridine rings is 1. The molecule has 1 fully saturated rings. The van der Waals surface area contributed by atoms with E-state index >= 15 is 0 Å². The molecule has 0 amide bonds. The molecule has 0 atom stereocenters. The SMILES string of the molecule is CCNC(=NCc1ccnc(OC)c1)NCc1cccc(OC)c1OC1CCCC1.I. The lowest BCUT2D eigenvalue weighted by Crippen LogP contribution is -2.37. The Kier molecular flexibility index (Phi) is 10.7. The van der Waals surface area contributed by atoms with E-state index in [9.17, 15) is 0 Å². The number of hydrogen-bond donors (Lipinski definition) is 2. The Hall–Kier alpha value is -2.23. The Morgan fingerprint density at radius 1 is 1.13 bits per heavy atom. The molecule has 0 radical (unpaired) electrons. The van der Waals surface area contributed by atoms with E-state index < -0.39 is 0 Å². The van der Waals surface area contributed by atoms with E-state index in [1.807, 2.05) is 31.2 Å². The molecule has 3 rings (SSSR count). The van der Waals surface area contributed by atoms with Crippen LogP contribution in [-0.4, -0.2) is 37.8 Å². The summed E-state index contributed by atoms with van der Waals surface area (Å²) in [4.78, 5) is 8.83. The van der Waals surface area contributed by atoms with Gasteiger partial charge in [-0.05, 0) is 50.3 Å². The zero-order chi connectivity index (χ0) is 21.2. The molecule has 31 heavy (non-hydrogen) atoms. The number of nitrogens with one attached hydrogen (secondary N) is 2. The number of aromatic nitrogens is 1. The van der Waals surface area contributed by atoms with Gasteiger partial charge in [-0.1, -0.05) is 12.1 Å². The summed E-state index contributed by atoms with van der Waals surface area (Å²) in [5, 5.41) is 6.70. The van der Waals surface area contributed by atoms with Gasteiger partial charge in [0.15, 0.2) is 17.5 Å². The Bertz CT molecular complexity index is 841. The number of halogens is 1. The maximum absolute atomic E-state index is 6.33. The van der Waals surface area contributed by atoms with Crippen molar-refractivity contribution in [2.75, 3.05) is 20.8 Å². The first-order chi connectivity index (χ1) is 14.7. The fraction of sp³-hybridized carbons (Fsp3) is 0.478. The molecule has 170 valence electrons. The highest BCUT2D eigenvalue weighted by Gasteiger charge is 2.20. The lowest BCUT2D eigenvalue weighted by Gasteiger charge is -2.20. The van der Waals surface area contributed by atoms with Gasteiger partial charge in [0.1, 0.15) is 0 Å². The van der Waals surface area contributed by atoms with E-state index in [4.69, 9.17) is 14.2 Å². The van der Waals surface area contributed by atoms with E-state index in [2.05, 4.69) is 26.7 Å². The van der Waals surface area contributed by atoms with Crippen LogP contribution in [0.25, 0.3) is 0 Å². The quantitative estimate of drug-likeness (QED) is 0.281. The van der Waals surface area contributed by atoms with Crippen molar-refractivity contribution in [2.24, 2.45) is 4.99 Å². The first-order valence-electron chi connectivity index (χ1n) is 10.6. The van der Waals surface area contributed by atoms with Gasteiger partial charge in [-0.2, -0.15) is 0 Å². The van der Waals surface area contributed by atoms with Crippen LogP contribution in [-0.2, 0) is 13.1 Å². The number of nitrogens with zero attached hydrogens (tertiary/aromatic N) is 2. The number of para-hydroxylation sites is 1. The Morgan fingerprint density at radius 2 is 1.94 bits per heavy atom. The van der Waals surface area contributed by atoms with E-state index in [0.29, 0.717) is 19.0 Å². The van der Waals surface area contributed by atoms with Gasteiger partial charge in [0.25, 0.3) is 0 Å². The average molecular weight is 540 g/mol. The molecule has 1 saturated carbocycles. The maximum Gasteiger partial charge on any atom is 0.213 e. The first-order valence-corrected chi connectivity index (χ1v) is 10.6. The van der Waals surface area contributed by atoms with Crippen molar-refractivity contribution in [1.29, 1.82) is 0 Å². The van der Waals surface area contributed by atoms with Crippen LogP contribution in [0.4, 0.5) is 0 Å². The predicted molar refractivity (Wildman–Crippen MR) is 134 cm³/mol. The molecule has 2 N–H and O–H groups in total. The molecule has 0 unspecified atom stereocenters. The molecule has 7 nitrogen and oxygen atoms in total. The van der Waals surface area contributed by atoms with Gasteiger partial charge in [0, 0.05) is 30.9 Å².